The first-order chi connectivity index (χ1) is 12.1. The van der Waals surface area contributed by atoms with Gasteiger partial charge in [0.05, 0.1) is 11.8 Å². The fourth-order valence-corrected chi connectivity index (χ4v) is 3.74. The van der Waals surface area contributed by atoms with Crippen LogP contribution >= 0.6 is 24.8 Å². The molecule has 0 saturated carbocycles. The molecule has 2 fully saturated rings. The molecule has 2 unspecified atom stereocenters. The molecule has 2 aliphatic heterocycles. The molecule has 152 valence electrons. The lowest BCUT2D eigenvalue weighted by atomic mass is 9.97. The first-order valence-corrected chi connectivity index (χ1v) is 9.20. The number of likely N-dealkylation sites (tertiary alicyclic amines) is 1. The molecular weight excluding hydrogens is 387 g/mol. The summed E-state index contributed by atoms with van der Waals surface area (Å²) in [6.45, 7) is 4.83. The Bertz CT molecular complexity index is 623. The summed E-state index contributed by atoms with van der Waals surface area (Å²) < 4.78 is 0. The van der Waals surface area contributed by atoms with E-state index in [1.165, 1.54) is 5.56 Å². The van der Waals surface area contributed by atoms with Crippen LogP contribution in [0, 0.1) is 11.8 Å². The fourth-order valence-electron chi connectivity index (χ4n) is 3.74. The number of piperidine rings is 1. The summed E-state index contributed by atoms with van der Waals surface area (Å²) in [5.74, 6) is 0.0109. The van der Waals surface area contributed by atoms with E-state index < -0.39 is 0 Å². The Morgan fingerprint density at radius 1 is 1.19 bits per heavy atom. The van der Waals surface area contributed by atoms with Gasteiger partial charge in [0, 0.05) is 26.2 Å². The van der Waals surface area contributed by atoms with E-state index in [4.69, 9.17) is 5.73 Å². The fraction of sp³-hybridized carbons (Fsp3) is 0.579. The first-order valence-electron chi connectivity index (χ1n) is 9.20. The number of halogens is 2. The van der Waals surface area contributed by atoms with Crippen LogP contribution in [-0.2, 0) is 22.7 Å². The van der Waals surface area contributed by atoms with Crippen LogP contribution in [0.4, 0.5) is 0 Å². The van der Waals surface area contributed by atoms with E-state index in [-0.39, 0.29) is 48.5 Å². The molecule has 0 spiro atoms. The Morgan fingerprint density at radius 3 is 2.67 bits per heavy atom. The van der Waals surface area contributed by atoms with Crippen molar-refractivity contribution in [2.75, 3.05) is 26.2 Å². The van der Waals surface area contributed by atoms with E-state index in [0.717, 1.165) is 57.5 Å². The summed E-state index contributed by atoms with van der Waals surface area (Å²) >= 11 is 0. The van der Waals surface area contributed by atoms with Crippen molar-refractivity contribution in [3.05, 3.63) is 35.4 Å². The normalized spacial score (nSPS) is 22.4. The number of hydrogen-bond acceptors (Lipinski definition) is 4. The quantitative estimate of drug-likeness (QED) is 0.654. The molecule has 2 amide bonds. The highest BCUT2D eigenvalue weighted by Crippen LogP contribution is 2.19. The molecule has 3 rings (SSSR count). The lowest BCUT2D eigenvalue weighted by Crippen LogP contribution is -2.40. The van der Waals surface area contributed by atoms with Crippen molar-refractivity contribution < 1.29 is 9.59 Å². The Kier molecular flexibility index (Phi) is 10.1. The van der Waals surface area contributed by atoms with E-state index >= 15 is 0 Å². The summed E-state index contributed by atoms with van der Waals surface area (Å²) in [5, 5.41) is 6.26. The molecule has 2 aliphatic rings. The van der Waals surface area contributed by atoms with Gasteiger partial charge in [-0.1, -0.05) is 24.3 Å². The summed E-state index contributed by atoms with van der Waals surface area (Å²) in [7, 11) is 0. The number of nitrogens with two attached hydrogens (primary N) is 1. The molecule has 0 bridgehead atoms. The molecule has 4 N–H and O–H groups in total. The molecule has 0 aromatic heterocycles. The molecule has 2 atom stereocenters. The van der Waals surface area contributed by atoms with Gasteiger partial charge in [0.1, 0.15) is 0 Å². The van der Waals surface area contributed by atoms with Crippen LogP contribution in [0.2, 0.25) is 0 Å². The van der Waals surface area contributed by atoms with Gasteiger partial charge >= 0.3 is 0 Å². The number of rotatable bonds is 6. The van der Waals surface area contributed by atoms with Gasteiger partial charge in [-0.2, -0.15) is 0 Å². The molecule has 1 aromatic carbocycles. The lowest BCUT2D eigenvalue weighted by molar-refractivity contribution is -0.125. The zero-order valence-corrected chi connectivity index (χ0v) is 17.1. The van der Waals surface area contributed by atoms with Crippen LogP contribution in [0.1, 0.15) is 30.4 Å². The summed E-state index contributed by atoms with van der Waals surface area (Å²) in [5.41, 5.74) is 7.78. The molecule has 1 aromatic rings. The minimum absolute atomic E-state index is 0. The molecular formula is C19H30Cl2N4O2. The lowest BCUT2D eigenvalue weighted by Gasteiger charge is -2.31. The van der Waals surface area contributed by atoms with E-state index in [2.05, 4.69) is 27.7 Å². The SMILES string of the molecule is Cl.Cl.NC(=O)C1CCCN(Cc2cccc(CNC(=O)C3CCNC3)c2)C1. The van der Waals surface area contributed by atoms with Crippen molar-refractivity contribution >= 4 is 36.6 Å². The van der Waals surface area contributed by atoms with Crippen molar-refractivity contribution in [2.24, 2.45) is 17.6 Å². The van der Waals surface area contributed by atoms with Crippen LogP contribution in [-0.4, -0.2) is 42.9 Å². The van der Waals surface area contributed by atoms with Crippen LogP contribution in [0.25, 0.3) is 0 Å². The number of benzene rings is 1. The third-order valence-electron chi connectivity index (χ3n) is 5.20. The van der Waals surface area contributed by atoms with E-state index in [0.29, 0.717) is 6.54 Å². The molecule has 0 radical (unpaired) electrons. The zero-order chi connectivity index (χ0) is 17.6. The van der Waals surface area contributed by atoms with Gasteiger partial charge in [0.25, 0.3) is 0 Å². The van der Waals surface area contributed by atoms with E-state index in [1.807, 2.05) is 12.1 Å². The predicted molar refractivity (Wildman–Crippen MR) is 111 cm³/mol. The molecule has 6 nitrogen and oxygen atoms in total. The van der Waals surface area contributed by atoms with Gasteiger partial charge in [-0.15, -0.1) is 24.8 Å². The van der Waals surface area contributed by atoms with Crippen molar-refractivity contribution in [1.82, 2.24) is 15.5 Å². The second-order valence-electron chi connectivity index (χ2n) is 7.20. The smallest absolute Gasteiger partial charge is 0.224 e. The largest absolute Gasteiger partial charge is 0.369 e. The molecule has 2 saturated heterocycles. The van der Waals surface area contributed by atoms with E-state index in [9.17, 15) is 9.59 Å². The number of primary amides is 1. The number of hydrogen-bond donors (Lipinski definition) is 3. The van der Waals surface area contributed by atoms with Crippen molar-refractivity contribution in [2.45, 2.75) is 32.4 Å². The monoisotopic (exact) mass is 416 g/mol. The summed E-state index contributed by atoms with van der Waals surface area (Å²) in [6.07, 6.45) is 2.83. The second kappa shape index (κ2) is 11.5. The number of carbonyl (C=O) groups is 2. The third-order valence-corrected chi connectivity index (χ3v) is 5.20. The maximum absolute atomic E-state index is 12.1. The van der Waals surface area contributed by atoms with Gasteiger partial charge in [-0.05, 0) is 43.5 Å². The Morgan fingerprint density at radius 2 is 1.96 bits per heavy atom. The predicted octanol–water partition coefficient (Wildman–Crippen LogP) is 1.45. The zero-order valence-electron chi connectivity index (χ0n) is 15.5. The topological polar surface area (TPSA) is 87.5 Å². The van der Waals surface area contributed by atoms with Gasteiger partial charge in [0.15, 0.2) is 0 Å². The number of carbonyl (C=O) groups excluding carboxylic acids is 2. The maximum atomic E-state index is 12.1. The van der Waals surface area contributed by atoms with Crippen molar-refractivity contribution in [3.63, 3.8) is 0 Å². The average Bonchev–Trinajstić information content (AvgIpc) is 3.15. The minimum Gasteiger partial charge on any atom is -0.369 e. The number of amides is 2. The average molecular weight is 417 g/mol. The van der Waals surface area contributed by atoms with Crippen LogP contribution < -0.4 is 16.4 Å². The molecule has 2 heterocycles. The van der Waals surface area contributed by atoms with Crippen molar-refractivity contribution in [3.8, 4) is 0 Å². The van der Waals surface area contributed by atoms with Gasteiger partial charge in [-0.3, -0.25) is 14.5 Å². The van der Waals surface area contributed by atoms with Gasteiger partial charge in [-0.25, -0.2) is 0 Å². The second-order valence-corrected chi connectivity index (χ2v) is 7.20. The highest BCUT2D eigenvalue weighted by molar-refractivity contribution is 5.85. The molecule has 8 heteroatoms. The van der Waals surface area contributed by atoms with Crippen LogP contribution in [0.3, 0.4) is 0 Å². The third kappa shape index (κ3) is 6.96. The number of nitrogens with zero attached hydrogens (tertiary/aromatic N) is 1. The summed E-state index contributed by atoms with van der Waals surface area (Å²) in [4.78, 5) is 25.8. The van der Waals surface area contributed by atoms with Gasteiger partial charge in [0.2, 0.25) is 11.8 Å². The Balaban J connectivity index is 0.00000182. The van der Waals surface area contributed by atoms with Gasteiger partial charge < -0.3 is 16.4 Å². The van der Waals surface area contributed by atoms with Crippen LogP contribution in [0.5, 0.6) is 0 Å². The Hall–Kier alpha value is -1.34. The standard InChI is InChI=1S/C19H28N4O2.2ClH/c20-18(24)17-5-2-8-23(13-17)12-15-4-1-3-14(9-15)10-22-19(25)16-6-7-21-11-16;;/h1,3-4,9,16-17,21H,2,5-8,10-13H2,(H2,20,24)(H,22,25);2*1H. The maximum Gasteiger partial charge on any atom is 0.224 e. The van der Waals surface area contributed by atoms with Crippen LogP contribution in [0.15, 0.2) is 24.3 Å². The highest BCUT2D eigenvalue weighted by atomic mass is 35.5. The molecule has 0 aliphatic carbocycles. The minimum atomic E-state index is -0.192. The number of nitrogens with one attached hydrogen (secondary N) is 2. The molecule has 27 heavy (non-hydrogen) atoms. The highest BCUT2D eigenvalue weighted by Gasteiger charge is 2.24. The summed E-state index contributed by atoms with van der Waals surface area (Å²) in [6, 6.07) is 8.31. The Labute approximate surface area is 173 Å². The first kappa shape index (κ1) is 23.7. The van der Waals surface area contributed by atoms with E-state index in [1.54, 1.807) is 0 Å². The van der Waals surface area contributed by atoms with Crippen molar-refractivity contribution in [1.29, 1.82) is 0 Å².